The molecule has 0 unspecified atom stereocenters. The van der Waals surface area contributed by atoms with E-state index in [9.17, 15) is 0 Å². The molecule has 13 rings (SSSR count). The van der Waals surface area contributed by atoms with E-state index in [1.807, 2.05) is 0 Å². The van der Waals surface area contributed by atoms with Crippen molar-refractivity contribution in [3.63, 3.8) is 0 Å². The monoisotopic (exact) mass is 1050 g/mol. The van der Waals surface area contributed by atoms with Crippen LogP contribution >= 0.6 is 0 Å². The molecule has 0 atom stereocenters. The first-order valence-corrected chi connectivity index (χ1v) is 28.9. The smallest absolute Gasteiger partial charge is 0.127 e. The Balaban J connectivity index is 0.994. The number of hydrogen-bond donors (Lipinski definition) is 0. The topological polar surface area (TPSA) is 26.6 Å². The van der Waals surface area contributed by atoms with Crippen molar-refractivity contribution in [1.82, 2.24) is 4.57 Å². The van der Waals surface area contributed by atoms with Gasteiger partial charge in [0.25, 0.3) is 0 Å². The van der Waals surface area contributed by atoms with Crippen LogP contribution in [0.15, 0.2) is 255 Å². The summed E-state index contributed by atoms with van der Waals surface area (Å²) in [6.45, 7) is 10.1. The molecule has 81 heavy (non-hydrogen) atoms. The highest BCUT2D eigenvalue weighted by atomic mass is 16.5. The van der Waals surface area contributed by atoms with Crippen LogP contribution in [0.4, 0.5) is 17.1 Å². The lowest BCUT2D eigenvalue weighted by atomic mass is 9.67. The standard InChI is InChI=1S/C77H66N2O2/c1-5-7-45-80-75-52-68(76(48-54(75)4)81-46-8-6-2)59-34-44-74-70(49-59)69-47-53(3)29-43-73(69)79(74)65-40-42-67-66-41-39-64(50-71(66)77(72(67)51-65,60-25-17-11-18-26-60)61-27-19-12-20-28-61)78(62-35-30-57(31-36-62)55-21-13-9-14-22-55)63-37-32-58(33-38-63)56-23-15-10-16-24-56/h9-44,47-52H,5-8,45-46H2,1-4H3. The van der Waals surface area contributed by atoms with Crippen molar-refractivity contribution in [2.75, 3.05) is 18.1 Å². The number of hydrogen-bond acceptors (Lipinski definition) is 3. The second kappa shape index (κ2) is 22.0. The van der Waals surface area contributed by atoms with Gasteiger partial charge in [-0.2, -0.15) is 0 Å². The molecule has 11 aromatic carbocycles. The largest absolute Gasteiger partial charge is 0.493 e. The van der Waals surface area contributed by atoms with E-state index in [1.54, 1.807) is 0 Å². The lowest BCUT2D eigenvalue weighted by Gasteiger charge is -2.35. The van der Waals surface area contributed by atoms with Gasteiger partial charge in [0, 0.05) is 39.1 Å². The summed E-state index contributed by atoms with van der Waals surface area (Å²) in [4.78, 5) is 2.42. The quantitative estimate of drug-likeness (QED) is 0.0850. The molecule has 1 heterocycles. The van der Waals surface area contributed by atoms with Crippen LogP contribution < -0.4 is 14.4 Å². The summed E-state index contributed by atoms with van der Waals surface area (Å²) in [7, 11) is 0. The van der Waals surface area contributed by atoms with Crippen molar-refractivity contribution >= 4 is 38.9 Å². The second-order valence-corrected chi connectivity index (χ2v) is 21.7. The minimum atomic E-state index is -0.682. The third-order valence-corrected chi connectivity index (χ3v) is 16.5. The molecule has 1 aromatic heterocycles. The van der Waals surface area contributed by atoms with Crippen molar-refractivity contribution in [1.29, 1.82) is 0 Å². The average Bonchev–Trinajstić information content (AvgIpc) is 3.43. The Hall–Kier alpha value is -9.38. The van der Waals surface area contributed by atoms with E-state index < -0.39 is 5.41 Å². The van der Waals surface area contributed by atoms with Crippen LogP contribution in [0.2, 0.25) is 0 Å². The van der Waals surface area contributed by atoms with Gasteiger partial charge in [-0.1, -0.05) is 202 Å². The van der Waals surface area contributed by atoms with Gasteiger partial charge in [-0.3, -0.25) is 0 Å². The fraction of sp³-hybridized carbons (Fsp3) is 0.143. The highest BCUT2D eigenvalue weighted by Crippen LogP contribution is 2.58. The molecule has 0 aliphatic heterocycles. The molecule has 1 aliphatic carbocycles. The van der Waals surface area contributed by atoms with Crippen LogP contribution in [0, 0.1) is 13.8 Å². The molecule has 0 saturated heterocycles. The Kier molecular flexibility index (Phi) is 13.9. The number of benzene rings is 11. The minimum Gasteiger partial charge on any atom is -0.493 e. The molecular weight excluding hydrogens is 985 g/mol. The number of aryl methyl sites for hydroxylation is 2. The van der Waals surface area contributed by atoms with Crippen LogP contribution in [-0.2, 0) is 5.41 Å². The lowest BCUT2D eigenvalue weighted by Crippen LogP contribution is -2.29. The molecule has 0 saturated carbocycles. The molecule has 396 valence electrons. The van der Waals surface area contributed by atoms with Crippen LogP contribution in [0.25, 0.3) is 72.0 Å². The summed E-state index contributed by atoms with van der Waals surface area (Å²) in [5, 5.41) is 2.41. The number of nitrogens with zero attached hydrogens (tertiary/aromatic N) is 2. The number of anilines is 3. The summed E-state index contributed by atoms with van der Waals surface area (Å²) in [5.41, 5.74) is 22.6. The van der Waals surface area contributed by atoms with Crippen molar-refractivity contribution in [3.8, 4) is 61.7 Å². The number of unbranched alkanes of at least 4 members (excludes halogenated alkanes) is 2. The van der Waals surface area contributed by atoms with Gasteiger partial charge in [0.15, 0.2) is 0 Å². The summed E-state index contributed by atoms with van der Waals surface area (Å²) >= 11 is 0. The molecule has 0 bridgehead atoms. The number of aromatic nitrogens is 1. The van der Waals surface area contributed by atoms with Crippen molar-refractivity contribution in [2.24, 2.45) is 0 Å². The molecule has 0 N–H and O–H groups in total. The first-order valence-electron chi connectivity index (χ1n) is 28.9. The summed E-state index contributed by atoms with van der Waals surface area (Å²) in [6, 6.07) is 94.3. The SMILES string of the molecule is CCCCOc1cc(-c2ccc3c(c2)c2cc(C)ccc2n3-c2ccc3c(c2)C(c2ccccc2)(c2ccccc2)c2cc(N(c4ccc(-c5ccccc5)cc4)c4ccc(-c5ccccc5)cc4)ccc2-3)c(OCCCC)cc1C. The zero-order chi connectivity index (χ0) is 54.9. The summed E-state index contributed by atoms with van der Waals surface area (Å²) in [5.74, 6) is 1.81. The van der Waals surface area contributed by atoms with Crippen molar-refractivity contribution in [3.05, 3.63) is 288 Å². The van der Waals surface area contributed by atoms with Crippen molar-refractivity contribution < 1.29 is 9.47 Å². The zero-order valence-electron chi connectivity index (χ0n) is 46.7. The van der Waals surface area contributed by atoms with E-state index in [2.05, 4.69) is 292 Å². The van der Waals surface area contributed by atoms with Crippen molar-refractivity contribution in [2.45, 2.75) is 58.8 Å². The fourth-order valence-corrected chi connectivity index (χ4v) is 12.5. The number of ether oxygens (including phenoxy) is 2. The number of rotatable bonds is 17. The van der Waals surface area contributed by atoms with Crippen LogP contribution in [0.1, 0.15) is 72.9 Å². The minimum absolute atomic E-state index is 0.668. The summed E-state index contributed by atoms with van der Waals surface area (Å²) in [6.07, 6.45) is 4.15. The van der Waals surface area contributed by atoms with E-state index in [0.717, 1.165) is 87.7 Å². The molecule has 0 radical (unpaired) electrons. The summed E-state index contributed by atoms with van der Waals surface area (Å²) < 4.78 is 15.5. The maximum Gasteiger partial charge on any atom is 0.127 e. The third-order valence-electron chi connectivity index (χ3n) is 16.5. The highest BCUT2D eigenvalue weighted by molar-refractivity contribution is 6.11. The van der Waals surface area contributed by atoms with Gasteiger partial charge < -0.3 is 18.9 Å². The molecule has 0 spiro atoms. The molecule has 0 amide bonds. The first kappa shape index (κ1) is 51.1. The molecule has 1 aliphatic rings. The van der Waals surface area contributed by atoms with Gasteiger partial charge in [0.2, 0.25) is 0 Å². The first-order chi connectivity index (χ1) is 39.9. The van der Waals surface area contributed by atoms with E-state index in [4.69, 9.17) is 9.47 Å². The second-order valence-electron chi connectivity index (χ2n) is 21.7. The average molecular weight is 1050 g/mol. The van der Waals surface area contributed by atoms with Gasteiger partial charge in [-0.15, -0.1) is 0 Å². The predicted octanol–water partition coefficient (Wildman–Crippen LogP) is 20.6. The van der Waals surface area contributed by atoms with Gasteiger partial charge in [0.05, 0.1) is 29.7 Å². The number of fused-ring (bicyclic) bond motifs is 6. The predicted molar refractivity (Wildman–Crippen MR) is 339 cm³/mol. The van der Waals surface area contributed by atoms with Gasteiger partial charge in [-0.05, 0) is 178 Å². The van der Waals surface area contributed by atoms with E-state index in [-0.39, 0.29) is 0 Å². The van der Waals surface area contributed by atoms with Crippen LogP contribution in [0.3, 0.4) is 0 Å². The fourth-order valence-electron chi connectivity index (χ4n) is 12.5. The lowest BCUT2D eigenvalue weighted by molar-refractivity contribution is 0.300. The molecule has 0 fully saturated rings. The van der Waals surface area contributed by atoms with Gasteiger partial charge in [0.1, 0.15) is 11.5 Å². The molecular formula is C77H66N2O2. The Morgan fingerprint density at radius 1 is 0.383 bits per heavy atom. The Morgan fingerprint density at radius 2 is 0.852 bits per heavy atom. The maximum atomic E-state index is 6.59. The molecule has 4 nitrogen and oxygen atoms in total. The van der Waals surface area contributed by atoms with Gasteiger partial charge in [-0.25, -0.2) is 0 Å². The van der Waals surface area contributed by atoms with E-state index in [0.29, 0.717) is 13.2 Å². The maximum absolute atomic E-state index is 6.59. The normalized spacial score (nSPS) is 12.3. The Bertz CT molecular complexity index is 4060. The Labute approximate surface area is 477 Å². The molecule has 4 heteroatoms. The van der Waals surface area contributed by atoms with E-state index >= 15 is 0 Å². The Morgan fingerprint density at radius 3 is 1.42 bits per heavy atom. The third kappa shape index (κ3) is 9.35. The highest BCUT2D eigenvalue weighted by Gasteiger charge is 2.47. The zero-order valence-corrected chi connectivity index (χ0v) is 46.7. The van der Waals surface area contributed by atoms with Crippen LogP contribution in [-0.4, -0.2) is 17.8 Å². The van der Waals surface area contributed by atoms with Crippen LogP contribution in [0.5, 0.6) is 11.5 Å². The van der Waals surface area contributed by atoms with Gasteiger partial charge >= 0.3 is 0 Å². The molecule has 12 aromatic rings. The van der Waals surface area contributed by atoms with E-state index in [1.165, 1.54) is 72.0 Å².